The lowest BCUT2D eigenvalue weighted by Gasteiger charge is -2.18. The largest absolute Gasteiger partial charge is 0.404 e. The van der Waals surface area contributed by atoms with Crippen molar-refractivity contribution in [2.75, 3.05) is 6.61 Å². The fourth-order valence-electron chi connectivity index (χ4n) is 2.45. The first kappa shape index (κ1) is 12.9. The van der Waals surface area contributed by atoms with E-state index in [4.69, 9.17) is 10.5 Å². The number of hydrogen-bond donors (Lipinski definition) is 2. The van der Waals surface area contributed by atoms with E-state index >= 15 is 0 Å². The summed E-state index contributed by atoms with van der Waals surface area (Å²) in [5.41, 5.74) is 8.81. The highest BCUT2D eigenvalue weighted by molar-refractivity contribution is 6.10. The van der Waals surface area contributed by atoms with E-state index in [9.17, 15) is 0 Å². The molecule has 0 spiro atoms. The van der Waals surface area contributed by atoms with Crippen molar-refractivity contribution in [2.45, 2.75) is 25.5 Å². The predicted molar refractivity (Wildman–Crippen MR) is 82.5 cm³/mol. The molecule has 3 rings (SSSR count). The third-order valence-electron chi connectivity index (χ3n) is 3.60. The van der Waals surface area contributed by atoms with E-state index in [0.29, 0.717) is 0 Å². The molecule has 104 valence electrons. The van der Waals surface area contributed by atoms with Gasteiger partial charge in [0.15, 0.2) is 0 Å². The summed E-state index contributed by atoms with van der Waals surface area (Å²) >= 11 is 0. The van der Waals surface area contributed by atoms with Gasteiger partial charge >= 0.3 is 0 Å². The number of nitrogens with two attached hydrogens (primary N) is 1. The first-order valence-corrected chi connectivity index (χ1v) is 7.01. The number of benzene rings is 1. The Labute approximate surface area is 118 Å². The molecule has 20 heavy (non-hydrogen) atoms. The Balaban J connectivity index is 1.80. The molecule has 1 fully saturated rings. The van der Waals surface area contributed by atoms with Crippen LogP contribution in [0.4, 0.5) is 0 Å². The summed E-state index contributed by atoms with van der Waals surface area (Å²) < 4.78 is 5.59. The van der Waals surface area contributed by atoms with E-state index < -0.39 is 0 Å². The molecule has 1 atom stereocenters. The standard InChI is InChI=1S/C16H19N3O/c17-10-14(11-19-16-3-1-2-8-20-16)13-5-4-12-6-7-18-15(12)9-13/h4-7,9-11,16,18H,1-3,8,17H2/b14-10+,19-11+. The zero-order valence-electron chi connectivity index (χ0n) is 11.4. The molecule has 0 radical (unpaired) electrons. The van der Waals surface area contributed by atoms with Crippen molar-refractivity contribution in [2.24, 2.45) is 10.7 Å². The van der Waals surface area contributed by atoms with Crippen LogP contribution in [0.15, 0.2) is 41.7 Å². The van der Waals surface area contributed by atoms with Gasteiger partial charge in [0.05, 0.1) is 0 Å². The second kappa shape index (κ2) is 5.92. The zero-order chi connectivity index (χ0) is 13.8. The van der Waals surface area contributed by atoms with Crippen LogP contribution < -0.4 is 5.73 Å². The molecule has 1 aromatic carbocycles. The predicted octanol–water partition coefficient (Wildman–Crippen LogP) is 3.06. The van der Waals surface area contributed by atoms with E-state index in [2.05, 4.69) is 34.2 Å². The van der Waals surface area contributed by atoms with Crippen LogP contribution in [-0.4, -0.2) is 24.0 Å². The molecule has 0 aliphatic carbocycles. The van der Waals surface area contributed by atoms with Gasteiger partial charge in [0, 0.05) is 36.3 Å². The fourth-order valence-corrected chi connectivity index (χ4v) is 2.45. The molecular weight excluding hydrogens is 250 g/mol. The van der Waals surface area contributed by atoms with Gasteiger partial charge < -0.3 is 15.5 Å². The van der Waals surface area contributed by atoms with E-state index in [1.54, 1.807) is 6.20 Å². The van der Waals surface area contributed by atoms with E-state index in [0.717, 1.165) is 36.1 Å². The highest BCUT2D eigenvalue weighted by Crippen LogP contribution is 2.20. The van der Waals surface area contributed by atoms with Gasteiger partial charge in [-0.1, -0.05) is 12.1 Å². The van der Waals surface area contributed by atoms with Gasteiger partial charge in [0.2, 0.25) is 0 Å². The maximum atomic E-state index is 5.74. The second-order valence-corrected chi connectivity index (χ2v) is 5.00. The van der Waals surface area contributed by atoms with Crippen molar-refractivity contribution < 1.29 is 4.74 Å². The molecule has 1 saturated heterocycles. The number of nitrogens with zero attached hydrogens (tertiary/aromatic N) is 1. The minimum absolute atomic E-state index is 0.0204. The quantitative estimate of drug-likeness (QED) is 0.841. The van der Waals surface area contributed by atoms with Crippen LogP contribution in [0, 0.1) is 0 Å². The normalized spacial score (nSPS) is 20.8. The number of aliphatic imine (C=N–C) groups is 1. The monoisotopic (exact) mass is 269 g/mol. The van der Waals surface area contributed by atoms with E-state index in [-0.39, 0.29) is 6.23 Å². The van der Waals surface area contributed by atoms with Crippen LogP contribution >= 0.6 is 0 Å². The Bertz CT molecular complexity index is 636. The first-order valence-electron chi connectivity index (χ1n) is 7.01. The molecule has 1 aliphatic heterocycles. The average Bonchev–Trinajstić information content (AvgIpc) is 2.96. The second-order valence-electron chi connectivity index (χ2n) is 5.00. The summed E-state index contributed by atoms with van der Waals surface area (Å²) in [5, 5.41) is 1.19. The minimum atomic E-state index is -0.0204. The van der Waals surface area contributed by atoms with Crippen molar-refractivity contribution >= 4 is 22.7 Å². The number of H-pyrrole nitrogens is 1. The fraction of sp³-hybridized carbons (Fsp3) is 0.312. The molecular formula is C16H19N3O. The molecule has 2 heterocycles. The topological polar surface area (TPSA) is 63.4 Å². The minimum Gasteiger partial charge on any atom is -0.404 e. The highest BCUT2D eigenvalue weighted by Gasteiger charge is 2.11. The molecule has 1 aromatic heterocycles. The Kier molecular flexibility index (Phi) is 3.83. The summed E-state index contributed by atoms with van der Waals surface area (Å²) in [6.45, 7) is 0.804. The number of fused-ring (bicyclic) bond motifs is 1. The maximum Gasteiger partial charge on any atom is 0.148 e. The first-order chi connectivity index (χ1) is 9.86. The molecule has 1 aliphatic rings. The number of aromatic nitrogens is 1. The third kappa shape index (κ3) is 2.75. The molecule has 4 nitrogen and oxygen atoms in total. The number of ether oxygens (including phenoxy) is 1. The molecule has 2 aromatic rings. The van der Waals surface area contributed by atoms with E-state index in [1.165, 1.54) is 11.8 Å². The highest BCUT2D eigenvalue weighted by atomic mass is 16.5. The van der Waals surface area contributed by atoms with Crippen molar-refractivity contribution in [3.8, 4) is 0 Å². The summed E-state index contributed by atoms with van der Waals surface area (Å²) in [5.74, 6) is 0. The summed E-state index contributed by atoms with van der Waals surface area (Å²) in [7, 11) is 0. The molecule has 3 N–H and O–H groups in total. The van der Waals surface area contributed by atoms with Gasteiger partial charge in [-0.05, 0) is 42.3 Å². The summed E-state index contributed by atoms with van der Waals surface area (Å²) in [4.78, 5) is 7.70. The Hall–Kier alpha value is -2.07. The molecule has 0 amide bonds. The van der Waals surface area contributed by atoms with Crippen molar-refractivity contribution in [1.82, 2.24) is 4.98 Å². The van der Waals surface area contributed by atoms with Crippen LogP contribution in [0.5, 0.6) is 0 Å². The van der Waals surface area contributed by atoms with E-state index in [1.807, 2.05) is 12.4 Å². The lowest BCUT2D eigenvalue weighted by molar-refractivity contribution is 0.0227. The van der Waals surface area contributed by atoms with Gasteiger partial charge in [0.1, 0.15) is 6.23 Å². The van der Waals surface area contributed by atoms with Crippen molar-refractivity contribution in [3.05, 3.63) is 42.2 Å². The smallest absolute Gasteiger partial charge is 0.148 e. The van der Waals surface area contributed by atoms with Crippen LogP contribution in [0.2, 0.25) is 0 Å². The average molecular weight is 269 g/mol. The number of aromatic amines is 1. The summed E-state index contributed by atoms with van der Waals surface area (Å²) in [6, 6.07) is 8.27. The summed E-state index contributed by atoms with van der Waals surface area (Å²) in [6.07, 6.45) is 8.63. The number of allylic oxidation sites excluding steroid dienone is 1. The van der Waals surface area contributed by atoms with Crippen LogP contribution in [0.3, 0.4) is 0 Å². The SMILES string of the molecule is N/C=C(\C=N\C1CCCCO1)c1ccc2cc[nH]c2c1. The lowest BCUT2D eigenvalue weighted by atomic mass is 10.1. The Morgan fingerprint density at radius 3 is 3.10 bits per heavy atom. The van der Waals surface area contributed by atoms with Crippen molar-refractivity contribution in [3.63, 3.8) is 0 Å². The zero-order valence-corrected chi connectivity index (χ0v) is 11.4. The van der Waals surface area contributed by atoms with Gasteiger partial charge in [-0.2, -0.15) is 0 Å². The lowest BCUT2D eigenvalue weighted by Crippen LogP contribution is -2.16. The third-order valence-corrected chi connectivity index (χ3v) is 3.60. The van der Waals surface area contributed by atoms with Crippen LogP contribution in [0.25, 0.3) is 16.5 Å². The maximum absolute atomic E-state index is 5.74. The number of nitrogens with one attached hydrogen (secondary N) is 1. The number of rotatable bonds is 3. The molecule has 1 unspecified atom stereocenters. The van der Waals surface area contributed by atoms with Crippen LogP contribution in [-0.2, 0) is 4.74 Å². The van der Waals surface area contributed by atoms with Gasteiger partial charge in [-0.25, -0.2) is 0 Å². The Morgan fingerprint density at radius 2 is 2.30 bits per heavy atom. The van der Waals surface area contributed by atoms with Gasteiger partial charge in [0.25, 0.3) is 0 Å². The number of hydrogen-bond acceptors (Lipinski definition) is 3. The molecule has 0 saturated carbocycles. The molecule has 4 heteroatoms. The van der Waals surface area contributed by atoms with Gasteiger partial charge in [-0.15, -0.1) is 0 Å². The Morgan fingerprint density at radius 1 is 1.35 bits per heavy atom. The molecule has 0 bridgehead atoms. The van der Waals surface area contributed by atoms with Crippen molar-refractivity contribution in [1.29, 1.82) is 0 Å². The van der Waals surface area contributed by atoms with Crippen LogP contribution in [0.1, 0.15) is 24.8 Å². The van der Waals surface area contributed by atoms with Gasteiger partial charge in [-0.3, -0.25) is 4.99 Å².